The molecule has 2 heterocycles. The Morgan fingerprint density at radius 1 is 1.21 bits per heavy atom. The number of H-pyrrole nitrogens is 2. The molecule has 0 aliphatic rings. The lowest BCUT2D eigenvalue weighted by Gasteiger charge is -2.07. The standard InChI is InChI=1S/C16H15N5O3/c1-2-17-14(22)9-4-3-5-10(6-9)21-15(23)11-7-18-13-12(11)16(24)20-8-19-13/h3-8H,2H2,1H3,(H,17,22)(H,21,23)(H2,18,19,20,24). The Labute approximate surface area is 136 Å². The van der Waals surface area contributed by atoms with Gasteiger partial charge in [-0.05, 0) is 25.1 Å². The van der Waals surface area contributed by atoms with Gasteiger partial charge in [0.25, 0.3) is 17.4 Å². The predicted molar refractivity (Wildman–Crippen MR) is 89.1 cm³/mol. The number of rotatable bonds is 4. The number of nitrogens with one attached hydrogen (secondary N) is 4. The van der Waals surface area contributed by atoms with E-state index in [0.717, 1.165) is 0 Å². The van der Waals surface area contributed by atoms with E-state index in [2.05, 4.69) is 25.6 Å². The van der Waals surface area contributed by atoms with Gasteiger partial charge in [-0.1, -0.05) is 6.07 Å². The Bertz CT molecular complexity index is 973. The number of nitrogens with zero attached hydrogens (tertiary/aromatic N) is 1. The Morgan fingerprint density at radius 2 is 2.04 bits per heavy atom. The van der Waals surface area contributed by atoms with Gasteiger partial charge >= 0.3 is 0 Å². The van der Waals surface area contributed by atoms with Crippen LogP contribution in [0, 0.1) is 0 Å². The number of anilines is 1. The van der Waals surface area contributed by atoms with Gasteiger partial charge in [-0.25, -0.2) is 4.98 Å². The fourth-order valence-electron chi connectivity index (χ4n) is 2.35. The van der Waals surface area contributed by atoms with Gasteiger partial charge in [-0.3, -0.25) is 14.4 Å². The lowest BCUT2D eigenvalue weighted by Crippen LogP contribution is -2.22. The third-order valence-corrected chi connectivity index (χ3v) is 3.44. The van der Waals surface area contributed by atoms with Crippen LogP contribution in [0.1, 0.15) is 27.6 Å². The van der Waals surface area contributed by atoms with E-state index in [1.807, 2.05) is 6.92 Å². The second-order valence-corrected chi connectivity index (χ2v) is 5.05. The van der Waals surface area contributed by atoms with Crippen molar-refractivity contribution in [2.24, 2.45) is 0 Å². The molecule has 0 unspecified atom stereocenters. The van der Waals surface area contributed by atoms with E-state index >= 15 is 0 Å². The first-order valence-corrected chi connectivity index (χ1v) is 7.34. The van der Waals surface area contributed by atoms with Crippen molar-refractivity contribution < 1.29 is 9.59 Å². The molecule has 24 heavy (non-hydrogen) atoms. The molecule has 0 spiro atoms. The summed E-state index contributed by atoms with van der Waals surface area (Å²) in [6.07, 6.45) is 2.69. The molecular formula is C16H15N5O3. The number of benzene rings is 1. The summed E-state index contributed by atoms with van der Waals surface area (Å²) in [5.74, 6) is -0.686. The molecule has 2 aromatic heterocycles. The summed E-state index contributed by atoms with van der Waals surface area (Å²) in [6.45, 7) is 2.34. The van der Waals surface area contributed by atoms with Crippen LogP contribution in [0.15, 0.2) is 41.6 Å². The maximum atomic E-state index is 12.4. The first kappa shape index (κ1) is 15.5. The first-order valence-electron chi connectivity index (χ1n) is 7.34. The van der Waals surface area contributed by atoms with E-state index in [9.17, 15) is 14.4 Å². The van der Waals surface area contributed by atoms with Crippen molar-refractivity contribution in [1.29, 1.82) is 0 Å². The molecule has 0 aliphatic carbocycles. The van der Waals surface area contributed by atoms with Crippen LogP contribution < -0.4 is 16.2 Å². The molecule has 3 aromatic rings. The molecule has 0 saturated carbocycles. The number of amides is 2. The summed E-state index contributed by atoms with van der Waals surface area (Å²) in [5.41, 5.74) is 1.01. The van der Waals surface area contributed by atoms with Crippen LogP contribution in [0.4, 0.5) is 5.69 Å². The highest BCUT2D eigenvalue weighted by molar-refractivity contribution is 6.12. The molecule has 122 valence electrons. The Hall–Kier alpha value is -3.42. The summed E-state index contributed by atoms with van der Waals surface area (Å²) in [6, 6.07) is 6.56. The first-order chi connectivity index (χ1) is 11.6. The number of aromatic amines is 2. The van der Waals surface area contributed by atoms with Gasteiger partial charge in [0.15, 0.2) is 0 Å². The van der Waals surface area contributed by atoms with Crippen LogP contribution in [0.3, 0.4) is 0 Å². The molecule has 0 atom stereocenters. The van der Waals surface area contributed by atoms with E-state index in [1.165, 1.54) is 12.5 Å². The molecule has 0 bridgehead atoms. The van der Waals surface area contributed by atoms with Crippen LogP contribution in [-0.2, 0) is 0 Å². The van der Waals surface area contributed by atoms with Crippen molar-refractivity contribution in [3.05, 3.63) is 58.3 Å². The molecule has 0 fully saturated rings. The Kier molecular flexibility index (Phi) is 4.11. The number of carbonyl (C=O) groups is 2. The third-order valence-electron chi connectivity index (χ3n) is 3.44. The van der Waals surface area contributed by atoms with Crippen molar-refractivity contribution in [2.75, 3.05) is 11.9 Å². The maximum Gasteiger partial charge on any atom is 0.261 e. The predicted octanol–water partition coefficient (Wildman–Crippen LogP) is 1.25. The molecule has 8 heteroatoms. The summed E-state index contributed by atoms with van der Waals surface area (Å²) < 4.78 is 0. The quantitative estimate of drug-likeness (QED) is 0.577. The number of aromatic nitrogens is 3. The second-order valence-electron chi connectivity index (χ2n) is 5.05. The second kappa shape index (κ2) is 6.37. The van der Waals surface area contributed by atoms with Crippen molar-refractivity contribution in [1.82, 2.24) is 20.3 Å². The average molecular weight is 325 g/mol. The summed E-state index contributed by atoms with van der Waals surface area (Å²) in [4.78, 5) is 45.4. The molecular weight excluding hydrogens is 310 g/mol. The van der Waals surface area contributed by atoms with Gasteiger partial charge in [-0.2, -0.15) is 0 Å². The monoisotopic (exact) mass is 325 g/mol. The normalized spacial score (nSPS) is 10.5. The Balaban J connectivity index is 1.88. The lowest BCUT2D eigenvalue weighted by atomic mass is 10.1. The van der Waals surface area contributed by atoms with Gasteiger partial charge in [-0.15, -0.1) is 0 Å². The van der Waals surface area contributed by atoms with Crippen LogP contribution in [0.2, 0.25) is 0 Å². The highest BCUT2D eigenvalue weighted by Gasteiger charge is 2.16. The molecule has 4 N–H and O–H groups in total. The maximum absolute atomic E-state index is 12.4. The number of hydrogen-bond donors (Lipinski definition) is 4. The molecule has 1 aromatic carbocycles. The van der Waals surface area contributed by atoms with Crippen molar-refractivity contribution in [3.63, 3.8) is 0 Å². The Morgan fingerprint density at radius 3 is 2.83 bits per heavy atom. The summed E-state index contributed by atoms with van der Waals surface area (Å²) in [7, 11) is 0. The van der Waals surface area contributed by atoms with Crippen LogP contribution >= 0.6 is 0 Å². The lowest BCUT2D eigenvalue weighted by molar-refractivity contribution is 0.0954. The van der Waals surface area contributed by atoms with Crippen LogP contribution in [-0.4, -0.2) is 33.3 Å². The van der Waals surface area contributed by atoms with E-state index in [-0.39, 0.29) is 16.9 Å². The van der Waals surface area contributed by atoms with E-state index in [0.29, 0.717) is 23.4 Å². The molecule has 0 radical (unpaired) electrons. The number of hydrogen-bond acceptors (Lipinski definition) is 4. The zero-order chi connectivity index (χ0) is 17.1. The van der Waals surface area contributed by atoms with Crippen molar-refractivity contribution in [2.45, 2.75) is 6.92 Å². The fourth-order valence-corrected chi connectivity index (χ4v) is 2.35. The zero-order valence-electron chi connectivity index (χ0n) is 12.8. The van der Waals surface area contributed by atoms with Gasteiger partial charge in [0.2, 0.25) is 0 Å². The summed E-state index contributed by atoms with van der Waals surface area (Å²) >= 11 is 0. The van der Waals surface area contributed by atoms with Crippen LogP contribution in [0.25, 0.3) is 11.0 Å². The number of carbonyl (C=O) groups excluding carboxylic acids is 2. The topological polar surface area (TPSA) is 120 Å². The van der Waals surface area contributed by atoms with E-state index in [4.69, 9.17) is 0 Å². The highest BCUT2D eigenvalue weighted by atomic mass is 16.2. The van der Waals surface area contributed by atoms with Gasteiger partial charge in [0, 0.05) is 24.0 Å². The SMILES string of the molecule is CCNC(=O)c1cccc(NC(=O)c2c[nH]c3nc[nH]c(=O)c23)c1. The molecule has 0 saturated heterocycles. The largest absolute Gasteiger partial charge is 0.352 e. The third kappa shape index (κ3) is 2.89. The number of fused-ring (bicyclic) bond motifs is 1. The summed E-state index contributed by atoms with van der Waals surface area (Å²) in [5, 5.41) is 5.56. The minimum Gasteiger partial charge on any atom is -0.352 e. The van der Waals surface area contributed by atoms with Crippen molar-refractivity contribution >= 4 is 28.5 Å². The fraction of sp³-hybridized carbons (Fsp3) is 0.125. The minimum absolute atomic E-state index is 0.183. The van der Waals surface area contributed by atoms with Crippen molar-refractivity contribution in [3.8, 4) is 0 Å². The zero-order valence-corrected chi connectivity index (χ0v) is 12.8. The smallest absolute Gasteiger partial charge is 0.261 e. The van der Waals surface area contributed by atoms with Crippen LogP contribution in [0.5, 0.6) is 0 Å². The van der Waals surface area contributed by atoms with Gasteiger partial charge in [0.05, 0.1) is 17.3 Å². The van der Waals surface area contributed by atoms with E-state index < -0.39 is 11.5 Å². The van der Waals surface area contributed by atoms with E-state index in [1.54, 1.807) is 24.3 Å². The minimum atomic E-state index is -0.465. The molecule has 0 aliphatic heterocycles. The van der Waals surface area contributed by atoms with Gasteiger partial charge in [0.1, 0.15) is 5.65 Å². The average Bonchev–Trinajstić information content (AvgIpc) is 3.01. The highest BCUT2D eigenvalue weighted by Crippen LogP contribution is 2.16. The molecule has 2 amide bonds. The molecule has 8 nitrogen and oxygen atoms in total. The molecule has 3 rings (SSSR count). The van der Waals surface area contributed by atoms with Gasteiger partial charge < -0.3 is 20.6 Å².